The van der Waals surface area contributed by atoms with Gasteiger partial charge in [-0.05, 0) is 61.4 Å². The molecule has 4 rings (SSSR count). The fourth-order valence-electron chi connectivity index (χ4n) is 5.33. The van der Waals surface area contributed by atoms with Crippen molar-refractivity contribution >= 4 is 51.8 Å². The van der Waals surface area contributed by atoms with E-state index in [1.807, 2.05) is 39.1 Å². The first-order valence-corrected chi connectivity index (χ1v) is 16.7. The Labute approximate surface area is 296 Å². The number of aliphatic carboxylic acids is 1. The molecule has 0 unspecified atom stereocenters. The fourth-order valence-corrected chi connectivity index (χ4v) is 5.99. The number of ether oxygens (including phenoxy) is 3. The second-order valence-electron chi connectivity index (χ2n) is 12.3. The average molecular weight is 746 g/mol. The number of hydrogen-bond acceptors (Lipinski definition) is 9. The maximum Gasteiger partial charge on any atom is 0.303 e. The highest BCUT2D eigenvalue weighted by molar-refractivity contribution is 8.93. The van der Waals surface area contributed by atoms with Crippen molar-refractivity contribution in [2.75, 3.05) is 33.4 Å². The van der Waals surface area contributed by atoms with Gasteiger partial charge >= 0.3 is 5.97 Å². The molecule has 1 amide bonds. The standard InChI is InChI=1S/C35H44N4O7S.BrH/c1-6-44-28-18-23-20-39(33(36)24(23)19-25(28)34(43)37-5)21-27(40)22-16-26(35(2,3)4)32(46-13-8-7-11-31(41)42)29(17-22)45-14-9-10-30-38-12-15-47-30;/h12,15-19,36H,6-11,13-14,20-21H2,1-5H3,(H,37,43)(H,41,42);1H. The van der Waals surface area contributed by atoms with E-state index < -0.39 is 11.4 Å². The van der Waals surface area contributed by atoms with Gasteiger partial charge in [-0.15, -0.1) is 28.3 Å². The summed E-state index contributed by atoms with van der Waals surface area (Å²) in [5, 5.41) is 23.4. The molecule has 3 N–H and O–H groups in total. The molecule has 13 heteroatoms. The third kappa shape index (κ3) is 9.79. The maximum absolute atomic E-state index is 13.9. The number of amidine groups is 1. The minimum atomic E-state index is -0.844. The lowest BCUT2D eigenvalue weighted by Crippen LogP contribution is -2.30. The number of benzene rings is 2. The molecule has 0 aliphatic carbocycles. The van der Waals surface area contributed by atoms with Crippen LogP contribution in [0, 0.1) is 5.41 Å². The van der Waals surface area contributed by atoms with Crippen LogP contribution < -0.4 is 19.5 Å². The summed E-state index contributed by atoms with van der Waals surface area (Å²) in [6.45, 7) is 9.31. The quantitative estimate of drug-likeness (QED) is 0.105. The number of carboxylic acids is 1. The van der Waals surface area contributed by atoms with Gasteiger partial charge in [0.25, 0.3) is 5.91 Å². The number of hydrogen-bond donors (Lipinski definition) is 3. The van der Waals surface area contributed by atoms with Gasteiger partial charge in [0.05, 0.1) is 36.9 Å². The van der Waals surface area contributed by atoms with E-state index in [2.05, 4.69) is 10.3 Å². The van der Waals surface area contributed by atoms with Gasteiger partial charge < -0.3 is 29.5 Å². The van der Waals surface area contributed by atoms with Crippen LogP contribution in [0.5, 0.6) is 17.2 Å². The van der Waals surface area contributed by atoms with Gasteiger partial charge in [-0.1, -0.05) is 20.8 Å². The van der Waals surface area contributed by atoms with E-state index in [4.69, 9.17) is 24.7 Å². The lowest BCUT2D eigenvalue weighted by molar-refractivity contribution is -0.137. The Balaban J connectivity index is 0.00000625. The number of aryl methyl sites for hydroxylation is 1. The second-order valence-corrected chi connectivity index (χ2v) is 13.3. The summed E-state index contributed by atoms with van der Waals surface area (Å²) in [6, 6.07) is 6.97. The van der Waals surface area contributed by atoms with Crippen LogP contribution in [0.15, 0.2) is 35.8 Å². The summed E-state index contributed by atoms with van der Waals surface area (Å²) in [4.78, 5) is 43.4. The van der Waals surface area contributed by atoms with E-state index in [0.717, 1.165) is 29.0 Å². The van der Waals surface area contributed by atoms with Gasteiger partial charge in [0.1, 0.15) is 11.6 Å². The number of rotatable bonds is 17. The van der Waals surface area contributed by atoms with Crippen LogP contribution in [0.1, 0.15) is 95.8 Å². The number of nitrogens with zero attached hydrogens (tertiary/aromatic N) is 2. The van der Waals surface area contributed by atoms with Crippen molar-refractivity contribution in [2.24, 2.45) is 0 Å². The zero-order valence-corrected chi connectivity index (χ0v) is 30.7. The predicted molar refractivity (Wildman–Crippen MR) is 191 cm³/mol. The number of unbranched alkanes of at least 4 members (excludes halogenated alkanes) is 1. The van der Waals surface area contributed by atoms with E-state index in [0.29, 0.717) is 73.1 Å². The SMILES string of the molecule is Br.CCOc1cc2c(cc1C(=O)NC)C(=N)N(CC(=O)c1cc(OCCCc3nccs3)c(OCCCCC(=O)O)c(C(C)(C)C)c1)C2. The first-order chi connectivity index (χ1) is 22.4. The van der Waals surface area contributed by atoms with Crippen molar-refractivity contribution in [1.29, 1.82) is 5.41 Å². The molecular formula is C35H45BrN4O7S. The third-order valence-electron chi connectivity index (χ3n) is 7.74. The highest BCUT2D eigenvalue weighted by Crippen LogP contribution is 2.41. The molecule has 1 aromatic heterocycles. The van der Waals surface area contributed by atoms with Gasteiger partial charge in [0, 0.05) is 54.7 Å². The third-order valence-corrected chi connectivity index (χ3v) is 8.58. The monoisotopic (exact) mass is 744 g/mol. The van der Waals surface area contributed by atoms with Crippen LogP contribution in [-0.4, -0.2) is 71.9 Å². The van der Waals surface area contributed by atoms with Gasteiger partial charge in [-0.3, -0.25) is 19.8 Å². The summed E-state index contributed by atoms with van der Waals surface area (Å²) in [5.74, 6) is 0.263. The lowest BCUT2D eigenvalue weighted by Gasteiger charge is -2.26. The summed E-state index contributed by atoms with van der Waals surface area (Å²) in [5.41, 5.74) is 2.57. The predicted octanol–water partition coefficient (Wildman–Crippen LogP) is 6.45. The molecule has 0 atom stereocenters. The number of halogens is 1. The van der Waals surface area contributed by atoms with Gasteiger partial charge in [-0.2, -0.15) is 0 Å². The molecule has 0 bridgehead atoms. The Bertz CT molecular complexity index is 1610. The normalized spacial score (nSPS) is 12.3. The number of carboxylic acid groups (broad SMARTS) is 1. The number of carbonyl (C=O) groups excluding carboxylic acids is 2. The first-order valence-electron chi connectivity index (χ1n) is 15.9. The van der Waals surface area contributed by atoms with E-state index in [-0.39, 0.29) is 47.5 Å². The second kappa shape index (κ2) is 17.4. The van der Waals surface area contributed by atoms with E-state index in [1.165, 1.54) is 0 Å². The first kappa shape index (κ1) is 38.5. The van der Waals surface area contributed by atoms with E-state index in [1.54, 1.807) is 47.7 Å². The molecule has 0 fully saturated rings. The van der Waals surface area contributed by atoms with Crippen molar-refractivity contribution in [3.05, 3.63) is 68.7 Å². The molecule has 260 valence electrons. The molecule has 48 heavy (non-hydrogen) atoms. The number of aromatic nitrogens is 1. The van der Waals surface area contributed by atoms with Crippen LogP contribution >= 0.6 is 28.3 Å². The molecule has 0 spiro atoms. The number of thiazole rings is 1. The summed E-state index contributed by atoms with van der Waals surface area (Å²) in [6.07, 6.45) is 4.38. The molecular weight excluding hydrogens is 700 g/mol. The average Bonchev–Trinajstić information content (AvgIpc) is 3.65. The smallest absolute Gasteiger partial charge is 0.303 e. The molecule has 2 aromatic carbocycles. The van der Waals surface area contributed by atoms with Crippen molar-refractivity contribution < 1.29 is 33.7 Å². The van der Waals surface area contributed by atoms with Crippen LogP contribution in [0.25, 0.3) is 0 Å². The molecule has 0 saturated carbocycles. The van der Waals surface area contributed by atoms with Gasteiger partial charge in [-0.25, -0.2) is 4.98 Å². The molecule has 11 nitrogen and oxygen atoms in total. The minimum absolute atomic E-state index is 0. The largest absolute Gasteiger partial charge is 0.493 e. The molecule has 1 aliphatic rings. The molecule has 0 radical (unpaired) electrons. The zero-order valence-electron chi connectivity index (χ0n) is 28.1. The van der Waals surface area contributed by atoms with E-state index >= 15 is 0 Å². The number of amides is 1. The van der Waals surface area contributed by atoms with Crippen molar-refractivity contribution in [3.8, 4) is 17.2 Å². The molecule has 2 heterocycles. The summed E-state index contributed by atoms with van der Waals surface area (Å²) >= 11 is 1.59. The number of Topliss-reactive ketones (excluding diaryl/α,β-unsaturated/α-hetero) is 1. The van der Waals surface area contributed by atoms with E-state index in [9.17, 15) is 14.4 Å². The van der Waals surface area contributed by atoms with Crippen LogP contribution in [0.2, 0.25) is 0 Å². The number of nitrogens with one attached hydrogen (secondary N) is 2. The Hall–Kier alpha value is -3.97. The Morgan fingerprint density at radius 3 is 2.44 bits per heavy atom. The molecule has 3 aromatic rings. The fraction of sp³-hybridized carbons (Fsp3) is 0.457. The number of carbonyl (C=O) groups is 3. The van der Waals surface area contributed by atoms with Crippen molar-refractivity contribution in [2.45, 2.75) is 71.8 Å². The van der Waals surface area contributed by atoms with Gasteiger partial charge in [0.2, 0.25) is 0 Å². The Morgan fingerprint density at radius 2 is 1.79 bits per heavy atom. The molecule has 1 aliphatic heterocycles. The number of fused-ring (bicyclic) bond motifs is 1. The topological polar surface area (TPSA) is 151 Å². The maximum atomic E-state index is 13.9. The lowest BCUT2D eigenvalue weighted by atomic mass is 9.84. The van der Waals surface area contributed by atoms with Gasteiger partial charge in [0.15, 0.2) is 17.3 Å². The Morgan fingerprint density at radius 1 is 1.04 bits per heavy atom. The van der Waals surface area contributed by atoms with Crippen LogP contribution in [0.4, 0.5) is 0 Å². The van der Waals surface area contributed by atoms with Crippen molar-refractivity contribution in [3.63, 3.8) is 0 Å². The number of ketones is 1. The minimum Gasteiger partial charge on any atom is -0.493 e. The molecule has 0 saturated heterocycles. The Kier molecular flexibility index (Phi) is 14.0. The van der Waals surface area contributed by atoms with Crippen LogP contribution in [-0.2, 0) is 23.2 Å². The van der Waals surface area contributed by atoms with Crippen molar-refractivity contribution in [1.82, 2.24) is 15.2 Å². The van der Waals surface area contributed by atoms with Crippen LogP contribution in [0.3, 0.4) is 0 Å². The summed E-state index contributed by atoms with van der Waals surface area (Å²) < 4.78 is 18.2. The highest BCUT2D eigenvalue weighted by Gasteiger charge is 2.31. The zero-order chi connectivity index (χ0) is 34.1. The highest BCUT2D eigenvalue weighted by atomic mass is 79.9. The summed E-state index contributed by atoms with van der Waals surface area (Å²) in [7, 11) is 1.54.